The van der Waals surface area contributed by atoms with Crippen molar-refractivity contribution in [2.45, 2.75) is 20.8 Å². The summed E-state index contributed by atoms with van der Waals surface area (Å²) in [7, 11) is 0. The number of rotatable bonds is 2. The number of halogens is 1. The Kier molecular flexibility index (Phi) is 3.04. The molecular formula is C13H13FN2O. The summed E-state index contributed by atoms with van der Waals surface area (Å²) in [5.41, 5.74) is 1.41. The van der Waals surface area contributed by atoms with E-state index in [9.17, 15) is 4.39 Å². The summed E-state index contributed by atoms with van der Waals surface area (Å²) in [5, 5.41) is 0. The minimum Gasteiger partial charge on any atom is -0.439 e. The van der Waals surface area contributed by atoms with Crippen molar-refractivity contribution in [1.82, 2.24) is 9.97 Å². The molecule has 0 aliphatic heterocycles. The molecule has 0 saturated carbocycles. The summed E-state index contributed by atoms with van der Waals surface area (Å²) in [6.07, 6.45) is 0. The number of aryl methyl sites for hydroxylation is 3. The van der Waals surface area contributed by atoms with Crippen LogP contribution < -0.4 is 4.74 Å². The molecule has 1 aromatic heterocycles. The fourth-order valence-corrected chi connectivity index (χ4v) is 1.49. The zero-order valence-electron chi connectivity index (χ0n) is 9.99. The molecule has 2 rings (SSSR count). The predicted molar refractivity (Wildman–Crippen MR) is 62.7 cm³/mol. The van der Waals surface area contributed by atoms with Crippen molar-refractivity contribution in [1.29, 1.82) is 0 Å². The van der Waals surface area contributed by atoms with Gasteiger partial charge in [0.1, 0.15) is 17.4 Å². The molecule has 0 fully saturated rings. The Hall–Kier alpha value is -1.97. The van der Waals surface area contributed by atoms with E-state index in [-0.39, 0.29) is 5.82 Å². The monoisotopic (exact) mass is 232 g/mol. The lowest BCUT2D eigenvalue weighted by Gasteiger charge is -2.06. The Morgan fingerprint density at radius 3 is 2.47 bits per heavy atom. The Labute approximate surface area is 99.3 Å². The van der Waals surface area contributed by atoms with E-state index < -0.39 is 0 Å². The van der Waals surface area contributed by atoms with E-state index in [1.165, 1.54) is 6.07 Å². The van der Waals surface area contributed by atoms with Crippen LogP contribution in [0.15, 0.2) is 24.3 Å². The first-order valence-electron chi connectivity index (χ1n) is 5.31. The van der Waals surface area contributed by atoms with Crippen molar-refractivity contribution in [3.05, 3.63) is 47.2 Å². The van der Waals surface area contributed by atoms with Gasteiger partial charge in [0.25, 0.3) is 0 Å². The highest BCUT2D eigenvalue weighted by Crippen LogP contribution is 2.22. The molecule has 0 atom stereocenters. The van der Waals surface area contributed by atoms with Crippen molar-refractivity contribution < 1.29 is 9.13 Å². The Bertz CT molecular complexity index is 535. The molecule has 0 unspecified atom stereocenters. The molecule has 0 aliphatic carbocycles. The van der Waals surface area contributed by atoms with Gasteiger partial charge in [0, 0.05) is 17.8 Å². The maximum absolute atomic E-state index is 13.3. The third kappa shape index (κ3) is 2.78. The first-order chi connectivity index (χ1) is 8.04. The molecule has 0 spiro atoms. The van der Waals surface area contributed by atoms with E-state index in [0.717, 1.165) is 5.69 Å². The number of ether oxygens (including phenoxy) is 1. The van der Waals surface area contributed by atoms with Crippen LogP contribution in [0.5, 0.6) is 11.6 Å². The van der Waals surface area contributed by atoms with Crippen molar-refractivity contribution >= 4 is 0 Å². The van der Waals surface area contributed by atoms with E-state index in [1.54, 1.807) is 32.0 Å². The van der Waals surface area contributed by atoms with Crippen LogP contribution in [-0.2, 0) is 0 Å². The van der Waals surface area contributed by atoms with Crippen LogP contribution >= 0.6 is 0 Å². The summed E-state index contributed by atoms with van der Waals surface area (Å²) in [5.74, 6) is 1.21. The van der Waals surface area contributed by atoms with Crippen molar-refractivity contribution in [2.75, 3.05) is 0 Å². The minimum atomic E-state index is -0.287. The highest BCUT2D eigenvalue weighted by Gasteiger charge is 2.04. The lowest BCUT2D eigenvalue weighted by atomic mass is 10.2. The largest absolute Gasteiger partial charge is 0.439 e. The van der Waals surface area contributed by atoms with Gasteiger partial charge < -0.3 is 4.74 Å². The standard InChI is InChI=1S/C13H13FN2O/c1-8-4-5-11(7-12(8)14)17-13-6-9(2)15-10(3)16-13/h4-7H,1-3H3. The van der Waals surface area contributed by atoms with Gasteiger partial charge in [-0.15, -0.1) is 0 Å². The fraction of sp³-hybridized carbons (Fsp3) is 0.231. The second-order valence-corrected chi connectivity index (χ2v) is 3.91. The van der Waals surface area contributed by atoms with Gasteiger partial charge in [-0.3, -0.25) is 0 Å². The number of benzene rings is 1. The molecule has 0 N–H and O–H groups in total. The van der Waals surface area contributed by atoms with Crippen LogP contribution in [0.2, 0.25) is 0 Å². The maximum Gasteiger partial charge on any atom is 0.222 e. The Balaban J connectivity index is 2.28. The molecule has 1 aromatic carbocycles. The van der Waals surface area contributed by atoms with Crippen LogP contribution in [0.1, 0.15) is 17.1 Å². The molecule has 88 valence electrons. The molecule has 0 amide bonds. The van der Waals surface area contributed by atoms with E-state index in [1.807, 2.05) is 6.92 Å². The smallest absolute Gasteiger partial charge is 0.222 e. The number of hydrogen-bond donors (Lipinski definition) is 0. The Morgan fingerprint density at radius 2 is 1.82 bits per heavy atom. The third-order valence-electron chi connectivity index (χ3n) is 2.31. The molecular weight excluding hydrogens is 219 g/mol. The fourth-order valence-electron chi connectivity index (χ4n) is 1.49. The summed E-state index contributed by atoms with van der Waals surface area (Å²) in [4.78, 5) is 8.27. The molecule has 3 nitrogen and oxygen atoms in total. The predicted octanol–water partition coefficient (Wildman–Crippen LogP) is 3.33. The molecule has 4 heteroatoms. The van der Waals surface area contributed by atoms with E-state index in [0.29, 0.717) is 23.0 Å². The van der Waals surface area contributed by atoms with Gasteiger partial charge in [-0.1, -0.05) is 6.07 Å². The lowest BCUT2D eigenvalue weighted by molar-refractivity contribution is 0.454. The first-order valence-corrected chi connectivity index (χ1v) is 5.31. The molecule has 0 aliphatic rings. The summed E-state index contributed by atoms with van der Waals surface area (Å²) in [6, 6.07) is 6.45. The highest BCUT2D eigenvalue weighted by atomic mass is 19.1. The van der Waals surface area contributed by atoms with Gasteiger partial charge in [0.2, 0.25) is 5.88 Å². The van der Waals surface area contributed by atoms with Crippen LogP contribution in [-0.4, -0.2) is 9.97 Å². The van der Waals surface area contributed by atoms with Gasteiger partial charge in [0.15, 0.2) is 0 Å². The second-order valence-electron chi connectivity index (χ2n) is 3.91. The first kappa shape index (κ1) is 11.5. The minimum absolute atomic E-state index is 0.287. The van der Waals surface area contributed by atoms with Gasteiger partial charge >= 0.3 is 0 Å². The average molecular weight is 232 g/mol. The van der Waals surface area contributed by atoms with Gasteiger partial charge in [0.05, 0.1) is 0 Å². The van der Waals surface area contributed by atoms with Crippen LogP contribution in [0.4, 0.5) is 4.39 Å². The normalized spacial score (nSPS) is 10.4. The van der Waals surface area contributed by atoms with Gasteiger partial charge in [-0.2, -0.15) is 4.98 Å². The maximum atomic E-state index is 13.3. The third-order valence-corrected chi connectivity index (χ3v) is 2.31. The molecule has 0 radical (unpaired) electrons. The lowest BCUT2D eigenvalue weighted by Crippen LogP contribution is -1.95. The molecule has 17 heavy (non-hydrogen) atoms. The molecule has 2 aromatic rings. The highest BCUT2D eigenvalue weighted by molar-refractivity contribution is 5.31. The van der Waals surface area contributed by atoms with Crippen LogP contribution in [0, 0.1) is 26.6 Å². The molecule has 1 heterocycles. The number of aromatic nitrogens is 2. The van der Waals surface area contributed by atoms with Crippen LogP contribution in [0.3, 0.4) is 0 Å². The molecule has 0 bridgehead atoms. The van der Waals surface area contributed by atoms with Gasteiger partial charge in [-0.25, -0.2) is 9.37 Å². The summed E-state index contributed by atoms with van der Waals surface area (Å²) < 4.78 is 18.8. The zero-order valence-corrected chi connectivity index (χ0v) is 9.99. The van der Waals surface area contributed by atoms with Crippen molar-refractivity contribution in [3.63, 3.8) is 0 Å². The summed E-state index contributed by atoms with van der Waals surface area (Å²) in [6.45, 7) is 5.35. The van der Waals surface area contributed by atoms with E-state index >= 15 is 0 Å². The SMILES string of the molecule is Cc1cc(Oc2ccc(C)c(F)c2)nc(C)n1. The summed E-state index contributed by atoms with van der Waals surface area (Å²) >= 11 is 0. The van der Waals surface area contributed by atoms with Gasteiger partial charge in [-0.05, 0) is 32.4 Å². The second kappa shape index (κ2) is 4.49. The van der Waals surface area contributed by atoms with Crippen molar-refractivity contribution in [2.24, 2.45) is 0 Å². The molecule has 0 saturated heterocycles. The number of nitrogens with zero attached hydrogens (tertiary/aromatic N) is 2. The average Bonchev–Trinajstić information content (AvgIpc) is 2.22. The number of hydrogen-bond acceptors (Lipinski definition) is 3. The van der Waals surface area contributed by atoms with E-state index in [4.69, 9.17) is 4.74 Å². The zero-order chi connectivity index (χ0) is 12.4. The van der Waals surface area contributed by atoms with E-state index in [2.05, 4.69) is 9.97 Å². The van der Waals surface area contributed by atoms with Crippen molar-refractivity contribution in [3.8, 4) is 11.6 Å². The van der Waals surface area contributed by atoms with Crippen LogP contribution in [0.25, 0.3) is 0 Å². The topological polar surface area (TPSA) is 35.0 Å². The quantitative estimate of drug-likeness (QED) is 0.796. The Morgan fingerprint density at radius 1 is 1.06 bits per heavy atom.